The van der Waals surface area contributed by atoms with Crippen LogP contribution < -0.4 is 0 Å². The van der Waals surface area contributed by atoms with Crippen molar-refractivity contribution in [3.63, 3.8) is 0 Å². The van der Waals surface area contributed by atoms with Gasteiger partial charge < -0.3 is 4.98 Å². The molecule has 0 bridgehead atoms. The average molecular weight is 941 g/mol. The Morgan fingerprint density at radius 3 is 1.05 bits per heavy atom. The monoisotopic (exact) mass is 941 g/mol. The second kappa shape index (κ2) is 20.3. The number of hydrogen-bond acceptors (Lipinski definition) is 10. The summed E-state index contributed by atoms with van der Waals surface area (Å²) in [6.45, 7) is 0. The largest absolute Gasteiger partial charge is 2.00 e. The van der Waals surface area contributed by atoms with E-state index < -0.39 is 0 Å². The molecule has 0 aliphatic carbocycles. The van der Waals surface area contributed by atoms with Crippen LogP contribution in [0.25, 0.3) is 101 Å². The van der Waals surface area contributed by atoms with Crippen molar-refractivity contribution in [2.45, 2.75) is 0 Å². The molecule has 0 aliphatic rings. The van der Waals surface area contributed by atoms with Gasteiger partial charge in [0.1, 0.15) is 5.82 Å². The van der Waals surface area contributed by atoms with Crippen LogP contribution >= 0.6 is 0 Å². The van der Waals surface area contributed by atoms with Gasteiger partial charge in [0.05, 0.1) is 67.6 Å². The van der Waals surface area contributed by atoms with E-state index in [1.807, 2.05) is 127 Å². The van der Waals surface area contributed by atoms with Crippen LogP contribution in [0.5, 0.6) is 0 Å². The second-order valence-corrected chi connectivity index (χ2v) is 14.6. The van der Waals surface area contributed by atoms with Gasteiger partial charge in [-0.1, -0.05) is 60.7 Å². The van der Waals surface area contributed by atoms with Gasteiger partial charge in [-0.05, 0) is 120 Å². The second-order valence-electron chi connectivity index (χ2n) is 14.6. The molecule has 0 atom stereocenters. The molecule has 10 heterocycles. The molecule has 314 valence electrons. The number of hydrogen-bond donors (Lipinski definition) is 1. The van der Waals surface area contributed by atoms with E-state index in [1.54, 1.807) is 49.6 Å². The van der Waals surface area contributed by atoms with Crippen molar-refractivity contribution in [1.29, 1.82) is 0 Å². The van der Waals surface area contributed by atoms with Crippen LogP contribution in [-0.2, 0) is 19.5 Å². The molecule has 12 rings (SSSR count). The molecule has 0 radical (unpaired) electrons. The van der Waals surface area contributed by atoms with Crippen molar-refractivity contribution in [2.24, 2.45) is 0 Å². The molecular weight excluding hydrogens is 904 g/mol. The summed E-state index contributed by atoms with van der Waals surface area (Å²) in [7, 11) is 0. The minimum absolute atomic E-state index is 0. The van der Waals surface area contributed by atoms with Gasteiger partial charge in [-0.25, -0.2) is 9.97 Å². The normalized spacial score (nSPS) is 10.6. The topological polar surface area (TPSA) is 145 Å². The van der Waals surface area contributed by atoms with Gasteiger partial charge in [0.2, 0.25) is 0 Å². The number of aromatic nitrogens is 11. The van der Waals surface area contributed by atoms with Gasteiger partial charge in [0.25, 0.3) is 0 Å². The molecule has 1 N–H and O–H groups in total. The first kappa shape index (κ1) is 42.7. The Morgan fingerprint density at radius 1 is 0.273 bits per heavy atom. The minimum Gasteiger partial charge on any atom is -0.337 e. The van der Waals surface area contributed by atoms with Gasteiger partial charge in [-0.15, -0.1) is 0 Å². The number of H-pyrrole nitrogens is 1. The van der Waals surface area contributed by atoms with Crippen molar-refractivity contribution < 1.29 is 19.5 Å². The van der Waals surface area contributed by atoms with Gasteiger partial charge >= 0.3 is 19.5 Å². The maximum Gasteiger partial charge on any atom is 2.00 e. The molecule has 0 fully saturated rings. The first-order valence-electron chi connectivity index (χ1n) is 20.9. The zero-order chi connectivity index (χ0) is 43.6. The zero-order valence-electron chi connectivity index (χ0n) is 35.1. The van der Waals surface area contributed by atoms with E-state index in [0.29, 0.717) is 0 Å². The van der Waals surface area contributed by atoms with E-state index >= 15 is 0 Å². The number of imidazole rings is 1. The summed E-state index contributed by atoms with van der Waals surface area (Å²) < 4.78 is 0. The number of benzene rings is 2. The van der Waals surface area contributed by atoms with Crippen LogP contribution in [0.15, 0.2) is 219 Å². The molecule has 2 aromatic carbocycles. The van der Waals surface area contributed by atoms with E-state index in [9.17, 15) is 0 Å². The standard InChI is InChI=1S/C34H21N7.2C10H8N2.Ru/c1-3-15-35-26(9-1)28-19-23(20-29(39-28)27-10-2-4-16-36-27)21-11-13-22(14-12-21)34-40-32-24-7-5-17-37-30(24)31-25(33(32)41-34)8-6-18-38-31;2*1-3-7-11-9(5-1)10-6-2-4-8-12-10;/h1-20H,(H,40,41);2*1-8H;/q;;;+2. The van der Waals surface area contributed by atoms with E-state index in [4.69, 9.17) is 9.97 Å². The molecular formula is C54H37N11Ru+2. The van der Waals surface area contributed by atoms with Crippen LogP contribution in [0.2, 0.25) is 0 Å². The predicted molar refractivity (Wildman–Crippen MR) is 257 cm³/mol. The molecule has 10 aromatic heterocycles. The molecule has 12 aromatic rings. The SMILES string of the molecule is [Ru+2].c1ccc(-c2cc(-c3ccc(-c4nc5c6cccnc6c6ncccc6c5[nH]4)cc3)cc(-c3ccccn3)n2)nc1.c1ccc(-c2ccccn2)nc1.c1ccc(-c2ccccn2)nc1. The molecule has 11 nitrogen and oxygen atoms in total. The van der Waals surface area contributed by atoms with E-state index in [-0.39, 0.29) is 19.5 Å². The maximum absolute atomic E-state index is 5.02. The van der Waals surface area contributed by atoms with Gasteiger partial charge in [-0.2, -0.15) is 0 Å². The third-order valence-electron chi connectivity index (χ3n) is 10.4. The molecule has 0 unspecified atom stereocenters. The summed E-state index contributed by atoms with van der Waals surface area (Å²) in [6, 6.07) is 55.4. The average Bonchev–Trinajstić information content (AvgIpc) is 3.87. The number of rotatable bonds is 6. The summed E-state index contributed by atoms with van der Waals surface area (Å²) in [4.78, 5) is 48.5. The van der Waals surface area contributed by atoms with Crippen LogP contribution in [0.1, 0.15) is 0 Å². The molecule has 0 amide bonds. The Bertz CT molecular complexity index is 3180. The van der Waals surface area contributed by atoms with Crippen molar-refractivity contribution in [3.05, 3.63) is 219 Å². The first-order valence-corrected chi connectivity index (χ1v) is 20.9. The fourth-order valence-electron chi connectivity index (χ4n) is 7.35. The number of pyridine rings is 9. The molecule has 66 heavy (non-hydrogen) atoms. The van der Waals surface area contributed by atoms with Crippen LogP contribution in [0.3, 0.4) is 0 Å². The van der Waals surface area contributed by atoms with Crippen LogP contribution in [0, 0.1) is 0 Å². The van der Waals surface area contributed by atoms with Gasteiger partial charge in [-0.3, -0.25) is 39.9 Å². The fraction of sp³-hybridized carbons (Fsp3) is 0. The van der Waals surface area contributed by atoms with E-state index in [2.05, 4.69) is 87.3 Å². The summed E-state index contributed by atoms with van der Waals surface area (Å²) >= 11 is 0. The summed E-state index contributed by atoms with van der Waals surface area (Å²) in [6.07, 6.45) is 14.2. The molecule has 0 saturated heterocycles. The number of nitrogens with one attached hydrogen (secondary N) is 1. The predicted octanol–water partition coefficient (Wildman–Crippen LogP) is 11.8. The van der Waals surface area contributed by atoms with Crippen molar-refractivity contribution in [1.82, 2.24) is 54.8 Å². The minimum atomic E-state index is 0. The summed E-state index contributed by atoms with van der Waals surface area (Å²) in [5, 5.41) is 1.98. The Hall–Kier alpha value is -8.60. The van der Waals surface area contributed by atoms with E-state index in [0.717, 1.165) is 101 Å². The Labute approximate surface area is 392 Å². The molecule has 0 saturated carbocycles. The quantitative estimate of drug-likeness (QED) is 0.126. The van der Waals surface area contributed by atoms with Gasteiger partial charge in [0.15, 0.2) is 0 Å². The van der Waals surface area contributed by atoms with Crippen LogP contribution in [-0.4, -0.2) is 54.8 Å². The Kier molecular flexibility index (Phi) is 13.1. The number of nitrogens with zero attached hydrogens (tertiary/aromatic N) is 10. The van der Waals surface area contributed by atoms with Crippen molar-refractivity contribution >= 4 is 32.8 Å². The maximum atomic E-state index is 5.02. The van der Waals surface area contributed by atoms with Crippen molar-refractivity contribution in [2.75, 3.05) is 0 Å². The first-order chi connectivity index (χ1) is 32.2. The smallest absolute Gasteiger partial charge is 0.337 e. The summed E-state index contributed by atoms with van der Waals surface area (Å²) in [5.74, 6) is 0.797. The molecule has 0 spiro atoms. The third-order valence-corrected chi connectivity index (χ3v) is 10.4. The Balaban J connectivity index is 0.000000178. The number of aromatic amines is 1. The Morgan fingerprint density at radius 2 is 0.636 bits per heavy atom. The fourth-order valence-corrected chi connectivity index (χ4v) is 7.35. The zero-order valence-corrected chi connectivity index (χ0v) is 36.8. The van der Waals surface area contributed by atoms with Gasteiger partial charge in [0, 0.05) is 65.9 Å². The van der Waals surface area contributed by atoms with Crippen LogP contribution in [0.4, 0.5) is 0 Å². The number of fused-ring (bicyclic) bond motifs is 6. The summed E-state index contributed by atoms with van der Waals surface area (Å²) in [5.41, 5.74) is 13.5. The van der Waals surface area contributed by atoms with Crippen molar-refractivity contribution in [3.8, 4) is 68.1 Å². The third kappa shape index (κ3) is 9.50. The molecule has 0 aliphatic heterocycles. The molecule has 12 heteroatoms. The van der Waals surface area contributed by atoms with E-state index in [1.165, 1.54) is 0 Å².